The molecule has 4 aliphatic rings. The molecule has 4 fully saturated rings. The minimum absolute atomic E-state index is 0.00213. The number of carbonyl (C=O) groups excluding carboxylic acids is 1. The van der Waals surface area contributed by atoms with Gasteiger partial charge in [-0.1, -0.05) is 6.58 Å². The van der Waals surface area contributed by atoms with Gasteiger partial charge in [-0.15, -0.1) is 0 Å². The number of halogens is 5. The molecule has 11 nitrogen and oxygen atoms in total. The van der Waals surface area contributed by atoms with Gasteiger partial charge < -0.3 is 28.9 Å². The van der Waals surface area contributed by atoms with Crippen LogP contribution in [0.5, 0.6) is 11.8 Å². The van der Waals surface area contributed by atoms with Crippen LogP contribution in [0.1, 0.15) is 55.6 Å². The fourth-order valence-corrected chi connectivity index (χ4v) is 8.48. The number of nitrogens with one attached hydrogen (secondary N) is 1. The number of rotatable bonds is 11. The number of likely N-dealkylation sites (tertiary alicyclic amines) is 2. The van der Waals surface area contributed by atoms with Crippen LogP contribution in [-0.4, -0.2) is 114 Å². The Morgan fingerprint density at radius 2 is 1.76 bits per heavy atom. The van der Waals surface area contributed by atoms with Gasteiger partial charge in [-0.05, 0) is 74.6 Å². The van der Waals surface area contributed by atoms with Crippen molar-refractivity contribution in [3.63, 3.8) is 0 Å². The van der Waals surface area contributed by atoms with Gasteiger partial charge in [0.25, 0.3) is 5.91 Å². The standard InChI is InChI=1S/C39H44F5N7O4/c1-22-29(41)17-30-28(18-45-48-30)31(22)32-26(24-4-5-24)16-27-33(34(32)54-21-39(42,43)44)46-37(55-25-6-10-49(11-7-25)14-15-53-3)47-35(27)50-12-8-38(9-13-50)19-51(20-38)36(52)23(2)40/h16-18,24-25H,2,4-15,19-21H2,1,3H3,(H,45,48). The average molecular weight is 770 g/mol. The van der Waals surface area contributed by atoms with E-state index in [1.807, 2.05) is 6.07 Å². The summed E-state index contributed by atoms with van der Waals surface area (Å²) in [6.07, 6.45) is 0.980. The number of nitrogens with zero attached hydrogens (tertiary/aromatic N) is 6. The molecule has 4 aromatic rings. The van der Waals surface area contributed by atoms with Gasteiger partial charge in [-0.3, -0.25) is 9.89 Å². The molecule has 1 spiro atoms. The Kier molecular flexibility index (Phi) is 9.85. The van der Waals surface area contributed by atoms with Crippen LogP contribution in [0.25, 0.3) is 32.9 Å². The van der Waals surface area contributed by atoms with Crippen molar-refractivity contribution in [2.75, 3.05) is 71.0 Å². The number of aromatic nitrogens is 4. The third kappa shape index (κ3) is 7.42. The molecule has 1 amide bonds. The SMILES string of the molecule is C=C(F)C(=O)N1CC2(CCN(c3nc(OC4CCN(CCOC)CC4)nc4c(OCC(F)(F)F)c(-c5c(C)c(F)cc6[nH]ncc56)c(C5CC5)cc34)CC2)C1. The zero-order valence-electron chi connectivity index (χ0n) is 30.9. The number of amides is 1. The number of anilines is 1. The normalized spacial score (nSPS) is 19.3. The predicted octanol–water partition coefficient (Wildman–Crippen LogP) is 6.84. The minimum Gasteiger partial charge on any atom is -0.481 e. The van der Waals surface area contributed by atoms with Gasteiger partial charge in [-0.2, -0.15) is 28.2 Å². The fraction of sp³-hybridized carbons (Fsp3) is 0.538. The third-order valence-electron chi connectivity index (χ3n) is 11.6. The van der Waals surface area contributed by atoms with Gasteiger partial charge in [0, 0.05) is 80.2 Å². The molecular formula is C39H44F5N7O4. The molecule has 1 aliphatic carbocycles. The van der Waals surface area contributed by atoms with Crippen molar-refractivity contribution in [3.8, 4) is 22.9 Å². The molecule has 0 atom stereocenters. The van der Waals surface area contributed by atoms with Gasteiger partial charge in [0.15, 0.2) is 18.2 Å². The molecule has 2 aromatic heterocycles. The van der Waals surface area contributed by atoms with E-state index in [1.165, 1.54) is 11.0 Å². The molecule has 1 saturated carbocycles. The summed E-state index contributed by atoms with van der Waals surface area (Å²) < 4.78 is 88.9. The molecule has 0 radical (unpaired) electrons. The van der Waals surface area contributed by atoms with Crippen molar-refractivity contribution in [1.82, 2.24) is 30.0 Å². The maximum atomic E-state index is 15.6. The number of hydrogen-bond donors (Lipinski definition) is 1. The van der Waals surface area contributed by atoms with Crippen LogP contribution in [0, 0.1) is 18.2 Å². The topological polar surface area (TPSA) is 109 Å². The number of hydrogen-bond acceptors (Lipinski definition) is 9. The van der Waals surface area contributed by atoms with Crippen LogP contribution < -0.4 is 14.4 Å². The number of ether oxygens (including phenoxy) is 3. The second-order valence-corrected chi connectivity index (χ2v) is 15.5. The molecule has 8 rings (SSSR count). The Labute approximate surface area is 314 Å². The first-order valence-electron chi connectivity index (χ1n) is 18.8. The fourth-order valence-electron chi connectivity index (χ4n) is 8.48. The highest BCUT2D eigenvalue weighted by atomic mass is 19.4. The Hall–Kier alpha value is -4.57. The summed E-state index contributed by atoms with van der Waals surface area (Å²) in [4.78, 5) is 27.8. The molecule has 5 heterocycles. The number of fused-ring (bicyclic) bond motifs is 2. The van der Waals surface area contributed by atoms with Crippen molar-refractivity contribution in [3.05, 3.63) is 47.7 Å². The second-order valence-electron chi connectivity index (χ2n) is 15.5. The number of piperidine rings is 2. The highest BCUT2D eigenvalue weighted by Gasteiger charge is 2.47. The Morgan fingerprint density at radius 1 is 1.04 bits per heavy atom. The Morgan fingerprint density at radius 3 is 2.42 bits per heavy atom. The van der Waals surface area contributed by atoms with E-state index in [-0.39, 0.29) is 40.3 Å². The lowest BCUT2D eigenvalue weighted by atomic mass is 9.72. The van der Waals surface area contributed by atoms with Crippen LogP contribution in [0.2, 0.25) is 0 Å². The van der Waals surface area contributed by atoms with Crippen molar-refractivity contribution >= 4 is 33.5 Å². The number of alkyl halides is 3. The molecule has 16 heteroatoms. The molecule has 2 aromatic carbocycles. The number of carbonyl (C=O) groups is 1. The van der Waals surface area contributed by atoms with E-state index in [0.717, 1.165) is 38.0 Å². The highest BCUT2D eigenvalue weighted by molar-refractivity contribution is 6.06. The van der Waals surface area contributed by atoms with Crippen LogP contribution in [0.3, 0.4) is 0 Å². The zero-order chi connectivity index (χ0) is 38.6. The van der Waals surface area contributed by atoms with E-state index in [0.29, 0.717) is 91.7 Å². The second kappa shape index (κ2) is 14.5. The van der Waals surface area contributed by atoms with E-state index < -0.39 is 30.3 Å². The van der Waals surface area contributed by atoms with Gasteiger partial charge in [0.1, 0.15) is 23.3 Å². The van der Waals surface area contributed by atoms with E-state index in [1.54, 1.807) is 20.2 Å². The molecule has 1 N–H and O–H groups in total. The smallest absolute Gasteiger partial charge is 0.422 e. The third-order valence-corrected chi connectivity index (χ3v) is 11.6. The first kappa shape index (κ1) is 37.4. The number of H-pyrrole nitrogens is 1. The molecule has 0 bridgehead atoms. The lowest BCUT2D eigenvalue weighted by Crippen LogP contribution is -2.62. The van der Waals surface area contributed by atoms with E-state index in [9.17, 15) is 22.4 Å². The number of methoxy groups -OCH3 is 1. The van der Waals surface area contributed by atoms with Crippen LogP contribution >= 0.6 is 0 Å². The summed E-state index contributed by atoms with van der Waals surface area (Å²) in [5.41, 5.74) is 2.11. The van der Waals surface area contributed by atoms with Crippen molar-refractivity contribution in [2.24, 2.45) is 5.41 Å². The zero-order valence-corrected chi connectivity index (χ0v) is 30.9. The van der Waals surface area contributed by atoms with Crippen LogP contribution in [0.15, 0.2) is 30.7 Å². The summed E-state index contributed by atoms with van der Waals surface area (Å²) in [6, 6.07) is 3.29. The maximum Gasteiger partial charge on any atom is 0.422 e. The van der Waals surface area contributed by atoms with Crippen LogP contribution in [0.4, 0.5) is 27.8 Å². The summed E-state index contributed by atoms with van der Waals surface area (Å²) >= 11 is 0. The molecular weight excluding hydrogens is 725 g/mol. The lowest BCUT2D eigenvalue weighted by molar-refractivity contribution is -0.153. The highest BCUT2D eigenvalue weighted by Crippen LogP contribution is 2.53. The summed E-state index contributed by atoms with van der Waals surface area (Å²) in [5.74, 6) is -1.82. The van der Waals surface area contributed by atoms with Crippen molar-refractivity contribution in [1.29, 1.82) is 0 Å². The Bertz CT molecular complexity index is 2110. The predicted molar refractivity (Wildman–Crippen MR) is 196 cm³/mol. The number of aromatic amines is 1. The summed E-state index contributed by atoms with van der Waals surface area (Å²) in [7, 11) is 1.66. The van der Waals surface area contributed by atoms with Crippen molar-refractivity contribution < 1.29 is 41.0 Å². The van der Waals surface area contributed by atoms with Gasteiger partial charge >= 0.3 is 12.2 Å². The van der Waals surface area contributed by atoms with Gasteiger partial charge in [0.2, 0.25) is 0 Å². The van der Waals surface area contributed by atoms with Gasteiger partial charge in [-0.25, -0.2) is 8.78 Å². The monoisotopic (exact) mass is 769 g/mol. The molecule has 3 aliphatic heterocycles. The maximum absolute atomic E-state index is 15.6. The molecule has 3 saturated heterocycles. The van der Waals surface area contributed by atoms with Gasteiger partial charge in [0.05, 0.1) is 18.3 Å². The molecule has 294 valence electrons. The quantitative estimate of drug-likeness (QED) is 0.130. The lowest BCUT2D eigenvalue weighted by Gasteiger charge is -2.54. The molecule has 55 heavy (non-hydrogen) atoms. The largest absolute Gasteiger partial charge is 0.481 e. The summed E-state index contributed by atoms with van der Waals surface area (Å²) in [6.45, 7) is 8.00. The van der Waals surface area contributed by atoms with E-state index in [4.69, 9.17) is 24.2 Å². The molecule has 0 unspecified atom stereocenters. The Balaban J connectivity index is 1.25. The number of benzene rings is 2. The first-order chi connectivity index (χ1) is 26.3. The van der Waals surface area contributed by atoms with E-state index >= 15 is 4.39 Å². The minimum atomic E-state index is -4.68. The summed E-state index contributed by atoms with van der Waals surface area (Å²) in [5, 5.41) is 8.01. The van der Waals surface area contributed by atoms with Crippen LogP contribution in [-0.2, 0) is 9.53 Å². The van der Waals surface area contributed by atoms with E-state index in [2.05, 4.69) is 26.6 Å². The van der Waals surface area contributed by atoms with Crippen molar-refractivity contribution in [2.45, 2.75) is 63.6 Å². The average Bonchev–Trinajstić information content (AvgIpc) is 3.89. The first-order valence-corrected chi connectivity index (χ1v) is 18.8.